The fraction of sp³-hybridized carbons (Fsp3) is 0.190. The van der Waals surface area contributed by atoms with E-state index in [1.54, 1.807) is 16.7 Å². The number of esters is 1. The van der Waals surface area contributed by atoms with Crippen LogP contribution in [0.25, 0.3) is 20.3 Å². The van der Waals surface area contributed by atoms with Gasteiger partial charge < -0.3 is 18.8 Å². The Morgan fingerprint density at radius 2 is 1.74 bits per heavy atom. The smallest absolute Gasteiger partial charge is 0.325 e. The zero-order valence-corrected chi connectivity index (χ0v) is 19.2. The molecule has 0 saturated carbocycles. The number of fused-ring (bicyclic) bond motifs is 2. The van der Waals surface area contributed by atoms with Crippen molar-refractivity contribution in [1.29, 1.82) is 0 Å². The van der Waals surface area contributed by atoms with Gasteiger partial charge in [-0.15, -0.1) is 11.3 Å². The van der Waals surface area contributed by atoms with Crippen molar-refractivity contribution in [2.75, 3.05) is 21.3 Å². The van der Waals surface area contributed by atoms with Crippen molar-refractivity contribution in [3.8, 4) is 11.5 Å². The van der Waals surface area contributed by atoms with Crippen molar-refractivity contribution in [2.45, 2.75) is 6.54 Å². The summed E-state index contributed by atoms with van der Waals surface area (Å²) in [6, 6.07) is 11.0. The lowest BCUT2D eigenvalue weighted by Crippen LogP contribution is -2.22. The van der Waals surface area contributed by atoms with Gasteiger partial charge in [0.25, 0.3) is 5.91 Å². The van der Waals surface area contributed by atoms with Crippen LogP contribution in [0.4, 0.5) is 0 Å². The quantitative estimate of drug-likeness (QED) is 0.396. The summed E-state index contributed by atoms with van der Waals surface area (Å²) < 4.78 is 18.9. The lowest BCUT2D eigenvalue weighted by Gasteiger charge is -2.09. The Bertz CT molecular complexity index is 1390. The molecule has 4 rings (SSSR count). The highest BCUT2D eigenvalue weighted by atomic mass is 35.5. The lowest BCUT2D eigenvalue weighted by molar-refractivity contribution is -0.141. The van der Waals surface area contributed by atoms with Crippen LogP contribution in [0.3, 0.4) is 0 Å². The third-order valence-corrected chi connectivity index (χ3v) is 7.33. The number of thiazole rings is 1. The fourth-order valence-corrected chi connectivity index (χ4v) is 5.55. The first-order valence-corrected chi connectivity index (χ1v) is 11.1. The number of hydrogen-bond acceptors (Lipinski definition) is 7. The summed E-state index contributed by atoms with van der Waals surface area (Å²) in [7, 11) is 4.37. The fourth-order valence-electron chi connectivity index (χ4n) is 3.12. The van der Waals surface area contributed by atoms with Crippen molar-refractivity contribution < 1.29 is 23.8 Å². The van der Waals surface area contributed by atoms with Gasteiger partial charge in [-0.3, -0.25) is 9.59 Å². The molecule has 2 heterocycles. The second kappa shape index (κ2) is 8.70. The van der Waals surface area contributed by atoms with Crippen LogP contribution in [-0.2, 0) is 16.1 Å². The highest BCUT2D eigenvalue weighted by Gasteiger charge is 2.19. The molecule has 4 aromatic rings. The monoisotopic (exact) mass is 476 g/mol. The maximum atomic E-state index is 13.0. The molecule has 10 heteroatoms. The van der Waals surface area contributed by atoms with Crippen LogP contribution in [0.2, 0.25) is 5.02 Å². The van der Waals surface area contributed by atoms with Gasteiger partial charge in [0.15, 0.2) is 16.3 Å². The number of carbonyl (C=O) groups is 2. The number of rotatable bonds is 5. The molecule has 0 saturated heterocycles. The van der Waals surface area contributed by atoms with Crippen LogP contribution in [0, 0.1) is 0 Å². The molecular formula is C21H17ClN2O5S2. The molecule has 0 unspecified atom stereocenters. The van der Waals surface area contributed by atoms with E-state index in [4.69, 9.17) is 25.8 Å². The SMILES string of the molecule is COC(=O)Cn1c(=NC(=O)c2sc3ccccc3c2Cl)sc2cc(OC)c(OC)cc21. The first-order valence-electron chi connectivity index (χ1n) is 9.05. The van der Waals surface area contributed by atoms with E-state index in [9.17, 15) is 9.59 Å². The third kappa shape index (κ3) is 3.91. The Labute approximate surface area is 190 Å². The van der Waals surface area contributed by atoms with Crippen molar-refractivity contribution in [3.05, 3.63) is 51.1 Å². The Hall–Kier alpha value is -2.88. The van der Waals surface area contributed by atoms with E-state index in [0.717, 1.165) is 14.8 Å². The molecule has 0 radical (unpaired) electrons. The number of carbonyl (C=O) groups excluding carboxylic acids is 2. The molecule has 31 heavy (non-hydrogen) atoms. The lowest BCUT2D eigenvalue weighted by atomic mass is 10.2. The molecule has 2 aromatic heterocycles. The average Bonchev–Trinajstić information content (AvgIpc) is 3.29. The summed E-state index contributed by atoms with van der Waals surface area (Å²) in [5.74, 6) is 0.0855. The molecule has 2 aromatic carbocycles. The Kier molecular flexibility index (Phi) is 5.99. The standard InChI is InChI=1S/C21H17ClN2O5S2/c1-27-13-8-12-16(9-14(13)28-2)31-21(24(12)10-17(25)29-3)23-20(26)19-18(22)11-6-4-5-7-15(11)30-19/h4-9H,10H2,1-3H3. The van der Waals surface area contributed by atoms with Gasteiger partial charge in [0.1, 0.15) is 11.4 Å². The van der Waals surface area contributed by atoms with Crippen LogP contribution < -0.4 is 14.3 Å². The van der Waals surface area contributed by atoms with E-state index in [0.29, 0.717) is 31.7 Å². The number of halogens is 1. The van der Waals surface area contributed by atoms with E-state index < -0.39 is 11.9 Å². The first kappa shape index (κ1) is 21.4. The van der Waals surface area contributed by atoms with Crippen molar-refractivity contribution in [2.24, 2.45) is 4.99 Å². The molecule has 0 aliphatic rings. The Morgan fingerprint density at radius 1 is 1.03 bits per heavy atom. The predicted molar refractivity (Wildman–Crippen MR) is 122 cm³/mol. The molecule has 160 valence electrons. The summed E-state index contributed by atoms with van der Waals surface area (Å²) in [6.07, 6.45) is 0. The third-order valence-electron chi connectivity index (χ3n) is 4.63. The zero-order valence-electron chi connectivity index (χ0n) is 16.8. The largest absolute Gasteiger partial charge is 0.493 e. The average molecular weight is 477 g/mol. The number of benzene rings is 2. The van der Waals surface area contributed by atoms with Gasteiger partial charge in [-0.25, -0.2) is 0 Å². The van der Waals surface area contributed by atoms with E-state index in [-0.39, 0.29) is 6.54 Å². The summed E-state index contributed by atoms with van der Waals surface area (Å²) in [4.78, 5) is 30.1. The molecule has 0 atom stereocenters. The van der Waals surface area contributed by atoms with Crippen molar-refractivity contribution in [1.82, 2.24) is 4.57 Å². The number of nitrogens with zero attached hydrogens (tertiary/aromatic N) is 2. The molecule has 0 aliphatic heterocycles. The Balaban J connectivity index is 1.90. The number of amides is 1. The summed E-state index contributed by atoms with van der Waals surface area (Å²) in [6.45, 7) is -0.113. The topological polar surface area (TPSA) is 79.1 Å². The minimum Gasteiger partial charge on any atom is -0.493 e. The molecule has 7 nitrogen and oxygen atoms in total. The van der Waals surface area contributed by atoms with Gasteiger partial charge in [-0.2, -0.15) is 4.99 Å². The van der Waals surface area contributed by atoms with E-state index in [1.165, 1.54) is 44.0 Å². The van der Waals surface area contributed by atoms with Crippen LogP contribution >= 0.6 is 34.3 Å². The molecule has 0 fully saturated rings. The number of aromatic nitrogens is 1. The number of ether oxygens (including phenoxy) is 3. The van der Waals surface area contributed by atoms with Crippen LogP contribution in [-0.4, -0.2) is 37.8 Å². The summed E-state index contributed by atoms with van der Waals surface area (Å²) in [5, 5.41) is 1.18. The van der Waals surface area contributed by atoms with Gasteiger partial charge in [-0.05, 0) is 6.07 Å². The molecule has 0 bridgehead atoms. The maximum Gasteiger partial charge on any atom is 0.325 e. The maximum absolute atomic E-state index is 13.0. The number of hydrogen-bond donors (Lipinski definition) is 0. The van der Waals surface area contributed by atoms with E-state index >= 15 is 0 Å². The van der Waals surface area contributed by atoms with Crippen molar-refractivity contribution >= 4 is 66.5 Å². The second-order valence-corrected chi connectivity index (χ2v) is 8.82. The zero-order chi connectivity index (χ0) is 22.1. The van der Waals surface area contributed by atoms with Crippen molar-refractivity contribution in [3.63, 3.8) is 0 Å². The van der Waals surface area contributed by atoms with E-state index in [2.05, 4.69) is 4.99 Å². The minimum absolute atomic E-state index is 0.113. The number of thiophene rings is 1. The van der Waals surface area contributed by atoms with Gasteiger partial charge in [-0.1, -0.05) is 41.1 Å². The number of methoxy groups -OCH3 is 3. The van der Waals surface area contributed by atoms with Crippen LogP contribution in [0.1, 0.15) is 9.67 Å². The van der Waals surface area contributed by atoms with Gasteiger partial charge in [0.05, 0.1) is 36.6 Å². The van der Waals surface area contributed by atoms with Gasteiger partial charge >= 0.3 is 5.97 Å². The first-order chi connectivity index (χ1) is 15.0. The molecule has 1 amide bonds. The summed E-state index contributed by atoms with van der Waals surface area (Å²) in [5.41, 5.74) is 0.669. The van der Waals surface area contributed by atoms with Gasteiger partial charge in [0.2, 0.25) is 0 Å². The highest BCUT2D eigenvalue weighted by Crippen LogP contribution is 2.36. The van der Waals surface area contributed by atoms with Crippen LogP contribution in [0.15, 0.2) is 41.4 Å². The highest BCUT2D eigenvalue weighted by molar-refractivity contribution is 7.21. The Morgan fingerprint density at radius 3 is 2.42 bits per heavy atom. The molecule has 0 N–H and O–H groups in total. The molecule has 0 aliphatic carbocycles. The van der Waals surface area contributed by atoms with E-state index in [1.807, 2.05) is 24.3 Å². The van der Waals surface area contributed by atoms with Gasteiger partial charge in [0, 0.05) is 22.2 Å². The minimum atomic E-state index is -0.477. The van der Waals surface area contributed by atoms with Crippen LogP contribution in [0.5, 0.6) is 11.5 Å². The second-order valence-electron chi connectivity index (χ2n) is 6.38. The normalized spacial score (nSPS) is 11.8. The predicted octanol–water partition coefficient (Wildman–Crippen LogP) is 4.50. The summed E-state index contributed by atoms with van der Waals surface area (Å²) >= 11 is 8.98. The molecule has 0 spiro atoms. The molecular weight excluding hydrogens is 460 g/mol.